The molecular formula is C17H20N4O. The van der Waals surface area contributed by atoms with E-state index in [9.17, 15) is 5.26 Å². The van der Waals surface area contributed by atoms with E-state index in [-0.39, 0.29) is 5.92 Å². The molecule has 1 aromatic heterocycles. The molecule has 2 aromatic rings. The van der Waals surface area contributed by atoms with Crippen molar-refractivity contribution < 1.29 is 4.42 Å². The lowest BCUT2D eigenvalue weighted by Gasteiger charge is -2.38. The van der Waals surface area contributed by atoms with Crippen LogP contribution in [0.3, 0.4) is 0 Å². The standard InChI is InChI=1S/C17H20N4O/c1-12-16(17-20-19-13(2)22-17)8-5-9-21(12)11-15-7-4-3-6-14(15)10-18/h3-4,6-7,12,16H,5,8-9,11H2,1-2H3/t12-,16-/m0/s1. The summed E-state index contributed by atoms with van der Waals surface area (Å²) in [4.78, 5) is 2.41. The summed E-state index contributed by atoms with van der Waals surface area (Å²) in [5, 5.41) is 17.4. The van der Waals surface area contributed by atoms with Gasteiger partial charge >= 0.3 is 0 Å². The zero-order valence-electron chi connectivity index (χ0n) is 13.0. The van der Waals surface area contributed by atoms with E-state index in [4.69, 9.17) is 4.42 Å². The first-order valence-electron chi connectivity index (χ1n) is 7.71. The van der Waals surface area contributed by atoms with Crippen LogP contribution in [0.15, 0.2) is 28.7 Å². The van der Waals surface area contributed by atoms with Crippen molar-refractivity contribution in [1.29, 1.82) is 5.26 Å². The number of nitriles is 1. The lowest BCUT2D eigenvalue weighted by molar-refractivity contribution is 0.118. The summed E-state index contributed by atoms with van der Waals surface area (Å²) in [5.41, 5.74) is 1.84. The minimum atomic E-state index is 0.268. The van der Waals surface area contributed by atoms with Crippen molar-refractivity contribution in [2.75, 3.05) is 6.54 Å². The Morgan fingerprint density at radius 2 is 2.18 bits per heavy atom. The minimum absolute atomic E-state index is 0.268. The SMILES string of the molecule is Cc1nnc([C@H]2CCCN(Cc3ccccc3C#N)[C@H]2C)o1. The lowest BCUT2D eigenvalue weighted by atomic mass is 9.89. The Morgan fingerprint density at radius 3 is 2.91 bits per heavy atom. The maximum Gasteiger partial charge on any atom is 0.221 e. The number of piperidine rings is 1. The van der Waals surface area contributed by atoms with E-state index >= 15 is 0 Å². The van der Waals surface area contributed by atoms with E-state index < -0.39 is 0 Å². The molecule has 5 heteroatoms. The van der Waals surface area contributed by atoms with Crippen LogP contribution in [0, 0.1) is 18.3 Å². The molecule has 0 saturated carbocycles. The predicted molar refractivity (Wildman–Crippen MR) is 82.0 cm³/mol. The van der Waals surface area contributed by atoms with Gasteiger partial charge in [-0.25, -0.2) is 0 Å². The van der Waals surface area contributed by atoms with E-state index in [0.29, 0.717) is 11.9 Å². The molecule has 1 aliphatic heterocycles. The molecule has 2 atom stereocenters. The highest BCUT2D eigenvalue weighted by molar-refractivity contribution is 5.37. The maximum absolute atomic E-state index is 9.24. The van der Waals surface area contributed by atoms with Gasteiger partial charge in [0.25, 0.3) is 0 Å². The Bertz CT molecular complexity index is 688. The van der Waals surface area contributed by atoms with Crippen LogP contribution in [0.25, 0.3) is 0 Å². The van der Waals surface area contributed by atoms with Crippen LogP contribution in [0.1, 0.15) is 48.6 Å². The van der Waals surface area contributed by atoms with Crippen LogP contribution in [0.4, 0.5) is 0 Å². The van der Waals surface area contributed by atoms with E-state index in [0.717, 1.165) is 42.9 Å². The van der Waals surface area contributed by atoms with Crippen molar-refractivity contribution in [3.8, 4) is 6.07 Å². The quantitative estimate of drug-likeness (QED) is 0.871. The summed E-state index contributed by atoms with van der Waals surface area (Å²) in [6, 6.07) is 10.4. The maximum atomic E-state index is 9.24. The van der Waals surface area contributed by atoms with Gasteiger partial charge in [0, 0.05) is 19.5 Å². The van der Waals surface area contributed by atoms with Gasteiger partial charge in [-0.15, -0.1) is 10.2 Å². The minimum Gasteiger partial charge on any atom is -0.425 e. The number of rotatable bonds is 3. The fraction of sp³-hybridized carbons (Fsp3) is 0.471. The molecule has 5 nitrogen and oxygen atoms in total. The first kappa shape index (κ1) is 14.7. The van der Waals surface area contributed by atoms with Gasteiger partial charge in [0.2, 0.25) is 11.8 Å². The van der Waals surface area contributed by atoms with Gasteiger partial charge in [-0.2, -0.15) is 5.26 Å². The van der Waals surface area contributed by atoms with Gasteiger partial charge in [0.1, 0.15) is 0 Å². The first-order valence-corrected chi connectivity index (χ1v) is 7.71. The van der Waals surface area contributed by atoms with Crippen LogP contribution in [0.5, 0.6) is 0 Å². The molecule has 0 unspecified atom stereocenters. The van der Waals surface area contributed by atoms with Gasteiger partial charge < -0.3 is 4.42 Å². The van der Waals surface area contributed by atoms with E-state index in [1.165, 1.54) is 0 Å². The molecule has 114 valence electrons. The number of aromatic nitrogens is 2. The normalized spacial score (nSPS) is 22.4. The summed E-state index contributed by atoms with van der Waals surface area (Å²) in [7, 11) is 0. The van der Waals surface area contributed by atoms with Crippen LogP contribution in [-0.2, 0) is 6.54 Å². The molecule has 0 N–H and O–H groups in total. The van der Waals surface area contributed by atoms with Crippen molar-refractivity contribution in [1.82, 2.24) is 15.1 Å². The molecule has 0 aliphatic carbocycles. The summed E-state index contributed by atoms with van der Waals surface area (Å²) in [5.74, 6) is 1.63. The van der Waals surface area contributed by atoms with Crippen LogP contribution in [-0.4, -0.2) is 27.7 Å². The monoisotopic (exact) mass is 296 g/mol. The third-order valence-corrected chi connectivity index (χ3v) is 4.49. The van der Waals surface area contributed by atoms with Crippen molar-refractivity contribution in [2.24, 2.45) is 0 Å². The Balaban J connectivity index is 1.78. The third kappa shape index (κ3) is 2.88. The molecule has 1 aliphatic rings. The molecule has 0 radical (unpaired) electrons. The summed E-state index contributed by atoms with van der Waals surface area (Å²) in [6.07, 6.45) is 2.17. The molecule has 0 bridgehead atoms. The second-order valence-corrected chi connectivity index (χ2v) is 5.89. The largest absolute Gasteiger partial charge is 0.425 e. The third-order valence-electron chi connectivity index (χ3n) is 4.49. The highest BCUT2D eigenvalue weighted by Gasteiger charge is 2.32. The average Bonchev–Trinajstić information content (AvgIpc) is 2.96. The zero-order valence-corrected chi connectivity index (χ0v) is 13.0. The fourth-order valence-corrected chi connectivity index (χ4v) is 3.21. The molecule has 3 rings (SSSR count). The predicted octanol–water partition coefficient (Wildman–Crippen LogP) is 3.02. The van der Waals surface area contributed by atoms with Gasteiger partial charge in [0.05, 0.1) is 17.6 Å². The second kappa shape index (κ2) is 6.29. The van der Waals surface area contributed by atoms with Crippen molar-refractivity contribution in [3.05, 3.63) is 47.2 Å². The molecule has 1 fully saturated rings. The summed E-state index contributed by atoms with van der Waals surface area (Å²) in [6.45, 7) is 5.85. The zero-order chi connectivity index (χ0) is 15.5. The fourth-order valence-electron chi connectivity index (χ4n) is 3.21. The van der Waals surface area contributed by atoms with Gasteiger partial charge in [0.15, 0.2) is 0 Å². The van der Waals surface area contributed by atoms with Crippen LogP contribution in [0.2, 0.25) is 0 Å². The Hall–Kier alpha value is -2.19. The summed E-state index contributed by atoms with van der Waals surface area (Å²) < 4.78 is 5.64. The molecule has 2 heterocycles. The topological polar surface area (TPSA) is 66.0 Å². The smallest absolute Gasteiger partial charge is 0.221 e. The highest BCUT2D eigenvalue weighted by atomic mass is 16.4. The van der Waals surface area contributed by atoms with Crippen LogP contribution >= 0.6 is 0 Å². The highest BCUT2D eigenvalue weighted by Crippen LogP contribution is 2.32. The Morgan fingerprint density at radius 1 is 1.36 bits per heavy atom. The number of benzene rings is 1. The first-order chi connectivity index (χ1) is 10.7. The van der Waals surface area contributed by atoms with E-state index in [1.54, 1.807) is 0 Å². The van der Waals surface area contributed by atoms with Crippen molar-refractivity contribution in [3.63, 3.8) is 0 Å². The number of hydrogen-bond acceptors (Lipinski definition) is 5. The molecule has 22 heavy (non-hydrogen) atoms. The number of nitrogens with zero attached hydrogens (tertiary/aromatic N) is 4. The van der Waals surface area contributed by atoms with Crippen molar-refractivity contribution >= 4 is 0 Å². The summed E-state index contributed by atoms with van der Waals surface area (Å²) >= 11 is 0. The second-order valence-electron chi connectivity index (χ2n) is 5.89. The number of likely N-dealkylation sites (tertiary alicyclic amines) is 1. The van der Waals surface area contributed by atoms with Gasteiger partial charge in [-0.3, -0.25) is 4.90 Å². The van der Waals surface area contributed by atoms with Crippen LogP contribution < -0.4 is 0 Å². The Kier molecular flexibility index (Phi) is 4.21. The average molecular weight is 296 g/mol. The molecule has 1 aromatic carbocycles. The molecule has 0 amide bonds. The molecule has 1 saturated heterocycles. The molecular weight excluding hydrogens is 276 g/mol. The van der Waals surface area contributed by atoms with E-state index in [1.807, 2.05) is 31.2 Å². The van der Waals surface area contributed by atoms with Crippen molar-refractivity contribution in [2.45, 2.75) is 45.2 Å². The Labute approximate surface area is 130 Å². The van der Waals surface area contributed by atoms with Gasteiger partial charge in [-0.05, 0) is 37.9 Å². The lowest BCUT2D eigenvalue weighted by Crippen LogP contribution is -2.42. The number of hydrogen-bond donors (Lipinski definition) is 0. The van der Waals surface area contributed by atoms with E-state index in [2.05, 4.69) is 28.1 Å². The number of aryl methyl sites for hydroxylation is 1. The van der Waals surface area contributed by atoms with Gasteiger partial charge in [-0.1, -0.05) is 18.2 Å². The molecule has 0 spiro atoms.